The number of β-amino-alcohol motifs (C(OH)–C–C–N with tert-alkyl or cyclic N) is 1. The molecule has 2 atom stereocenters. The van der Waals surface area contributed by atoms with Crippen LogP contribution < -0.4 is 5.32 Å². The summed E-state index contributed by atoms with van der Waals surface area (Å²) in [5.41, 5.74) is -1.25. The Bertz CT molecular complexity index is 305. The third-order valence-electron chi connectivity index (χ3n) is 3.43. The van der Waals surface area contributed by atoms with Crippen LogP contribution >= 0.6 is 0 Å². The molecule has 5 nitrogen and oxygen atoms in total. The standard InChI is InChI=1S/C12H22N2O3/c1-11(2,3)17-10(15)14-7-4-9(14)12(16)5-6-13-8-12/h9,13,16H,4-8H2,1-3H3. The first-order valence-electron chi connectivity index (χ1n) is 6.25. The van der Waals surface area contributed by atoms with Gasteiger partial charge in [0.1, 0.15) is 5.60 Å². The van der Waals surface area contributed by atoms with Gasteiger partial charge in [0.15, 0.2) is 0 Å². The Kier molecular flexibility index (Phi) is 3.08. The van der Waals surface area contributed by atoms with E-state index in [2.05, 4.69) is 5.32 Å². The molecule has 2 rings (SSSR count). The molecule has 0 aromatic heterocycles. The van der Waals surface area contributed by atoms with Crippen molar-refractivity contribution in [2.45, 2.75) is 50.9 Å². The normalized spacial score (nSPS) is 33.4. The summed E-state index contributed by atoms with van der Waals surface area (Å²) in [6.07, 6.45) is 1.25. The summed E-state index contributed by atoms with van der Waals surface area (Å²) in [6, 6.07) is -0.0904. The Labute approximate surface area is 102 Å². The molecule has 1 amide bonds. The monoisotopic (exact) mass is 242 g/mol. The third kappa shape index (κ3) is 2.55. The van der Waals surface area contributed by atoms with E-state index in [4.69, 9.17) is 4.74 Å². The molecule has 0 bridgehead atoms. The smallest absolute Gasteiger partial charge is 0.410 e. The minimum atomic E-state index is -0.769. The lowest BCUT2D eigenvalue weighted by atomic mass is 9.84. The summed E-state index contributed by atoms with van der Waals surface area (Å²) in [5.74, 6) is 0. The van der Waals surface area contributed by atoms with Crippen LogP contribution in [0.5, 0.6) is 0 Å². The first-order chi connectivity index (χ1) is 7.82. The number of nitrogens with one attached hydrogen (secondary N) is 1. The van der Waals surface area contributed by atoms with Crippen molar-refractivity contribution in [3.05, 3.63) is 0 Å². The fourth-order valence-electron chi connectivity index (χ4n) is 2.47. The van der Waals surface area contributed by atoms with E-state index in [1.807, 2.05) is 20.8 Å². The number of aliphatic hydroxyl groups is 1. The van der Waals surface area contributed by atoms with Gasteiger partial charge in [-0.05, 0) is 40.2 Å². The van der Waals surface area contributed by atoms with Crippen LogP contribution in [0, 0.1) is 0 Å². The predicted octanol–water partition coefficient (Wildman–Crippen LogP) is 0.720. The minimum Gasteiger partial charge on any atom is -0.444 e. The Morgan fingerprint density at radius 1 is 1.53 bits per heavy atom. The van der Waals surface area contributed by atoms with Gasteiger partial charge >= 0.3 is 6.09 Å². The van der Waals surface area contributed by atoms with Crippen molar-refractivity contribution in [3.63, 3.8) is 0 Å². The third-order valence-corrected chi connectivity index (χ3v) is 3.43. The number of rotatable bonds is 1. The number of carbonyl (C=O) groups excluding carboxylic acids is 1. The van der Waals surface area contributed by atoms with Crippen molar-refractivity contribution < 1.29 is 14.6 Å². The van der Waals surface area contributed by atoms with Crippen LogP contribution in [0.1, 0.15) is 33.6 Å². The molecular formula is C12H22N2O3. The number of amides is 1. The van der Waals surface area contributed by atoms with E-state index < -0.39 is 11.2 Å². The van der Waals surface area contributed by atoms with Crippen molar-refractivity contribution in [1.29, 1.82) is 0 Å². The SMILES string of the molecule is CC(C)(C)OC(=O)N1CCC1C1(O)CCNC1. The highest BCUT2D eigenvalue weighted by Crippen LogP contribution is 2.33. The number of likely N-dealkylation sites (tertiary alicyclic amines) is 1. The number of carbonyl (C=O) groups is 1. The Morgan fingerprint density at radius 3 is 2.65 bits per heavy atom. The molecule has 0 saturated carbocycles. The molecule has 0 aromatic rings. The van der Waals surface area contributed by atoms with Gasteiger partial charge in [-0.3, -0.25) is 0 Å². The van der Waals surface area contributed by atoms with Gasteiger partial charge in [0.2, 0.25) is 0 Å². The molecular weight excluding hydrogens is 220 g/mol. The van der Waals surface area contributed by atoms with E-state index in [0.29, 0.717) is 19.5 Å². The molecule has 0 aliphatic carbocycles. The molecule has 2 aliphatic rings. The molecule has 5 heteroatoms. The number of nitrogens with zero attached hydrogens (tertiary/aromatic N) is 1. The quantitative estimate of drug-likeness (QED) is 0.711. The van der Waals surface area contributed by atoms with Crippen molar-refractivity contribution >= 4 is 6.09 Å². The Balaban J connectivity index is 1.96. The van der Waals surface area contributed by atoms with Crippen LogP contribution in [0.4, 0.5) is 4.79 Å². The largest absolute Gasteiger partial charge is 0.444 e. The average molecular weight is 242 g/mol. The van der Waals surface area contributed by atoms with Gasteiger partial charge in [0.25, 0.3) is 0 Å². The van der Waals surface area contributed by atoms with Gasteiger partial charge in [0, 0.05) is 13.1 Å². The molecule has 0 spiro atoms. The molecule has 0 aromatic carbocycles. The fraction of sp³-hybridized carbons (Fsp3) is 0.917. The highest BCUT2D eigenvalue weighted by Gasteiger charge is 2.49. The van der Waals surface area contributed by atoms with Crippen LogP contribution in [0.2, 0.25) is 0 Å². The minimum absolute atomic E-state index is 0.0904. The lowest BCUT2D eigenvalue weighted by Gasteiger charge is -2.48. The fourth-order valence-corrected chi connectivity index (χ4v) is 2.47. The summed E-state index contributed by atoms with van der Waals surface area (Å²) in [6.45, 7) is 7.62. The summed E-state index contributed by atoms with van der Waals surface area (Å²) in [4.78, 5) is 13.6. The molecule has 2 fully saturated rings. The summed E-state index contributed by atoms with van der Waals surface area (Å²) in [7, 11) is 0. The maximum atomic E-state index is 11.9. The second kappa shape index (κ2) is 4.14. The van der Waals surface area contributed by atoms with Gasteiger partial charge in [-0.2, -0.15) is 0 Å². The van der Waals surface area contributed by atoms with Crippen molar-refractivity contribution in [2.75, 3.05) is 19.6 Å². The van der Waals surface area contributed by atoms with E-state index in [9.17, 15) is 9.90 Å². The Hall–Kier alpha value is -0.810. The van der Waals surface area contributed by atoms with Crippen LogP contribution in [0.3, 0.4) is 0 Å². The van der Waals surface area contributed by atoms with Gasteiger partial charge in [-0.15, -0.1) is 0 Å². The zero-order valence-corrected chi connectivity index (χ0v) is 10.8. The van der Waals surface area contributed by atoms with E-state index in [0.717, 1.165) is 13.0 Å². The second-order valence-corrected chi connectivity index (χ2v) is 6.01. The van der Waals surface area contributed by atoms with Crippen molar-refractivity contribution in [3.8, 4) is 0 Å². The molecule has 2 unspecified atom stereocenters. The van der Waals surface area contributed by atoms with Crippen molar-refractivity contribution in [1.82, 2.24) is 10.2 Å². The highest BCUT2D eigenvalue weighted by atomic mass is 16.6. The van der Waals surface area contributed by atoms with Gasteiger partial charge in [0.05, 0.1) is 11.6 Å². The lowest BCUT2D eigenvalue weighted by Crippen LogP contribution is -2.64. The topological polar surface area (TPSA) is 61.8 Å². The molecule has 2 N–H and O–H groups in total. The van der Waals surface area contributed by atoms with Crippen LogP contribution in [0.15, 0.2) is 0 Å². The second-order valence-electron chi connectivity index (χ2n) is 6.01. The number of hydrogen-bond donors (Lipinski definition) is 2. The number of hydrogen-bond acceptors (Lipinski definition) is 4. The summed E-state index contributed by atoms with van der Waals surface area (Å²) >= 11 is 0. The van der Waals surface area contributed by atoms with Crippen LogP contribution in [0.25, 0.3) is 0 Å². The number of ether oxygens (including phenoxy) is 1. The Morgan fingerprint density at radius 2 is 2.24 bits per heavy atom. The maximum Gasteiger partial charge on any atom is 0.410 e. The van der Waals surface area contributed by atoms with Crippen LogP contribution in [-0.2, 0) is 4.74 Å². The maximum absolute atomic E-state index is 11.9. The summed E-state index contributed by atoms with van der Waals surface area (Å²) < 4.78 is 5.33. The first-order valence-corrected chi connectivity index (χ1v) is 6.25. The molecule has 17 heavy (non-hydrogen) atoms. The molecule has 2 heterocycles. The molecule has 2 saturated heterocycles. The van der Waals surface area contributed by atoms with E-state index in [-0.39, 0.29) is 12.1 Å². The van der Waals surface area contributed by atoms with E-state index in [1.54, 1.807) is 4.90 Å². The first kappa shape index (κ1) is 12.6. The molecule has 98 valence electrons. The van der Waals surface area contributed by atoms with Crippen LogP contribution in [-0.4, -0.2) is 53.0 Å². The van der Waals surface area contributed by atoms with Gasteiger partial charge < -0.3 is 20.1 Å². The lowest BCUT2D eigenvalue weighted by molar-refractivity contribution is -0.0838. The van der Waals surface area contributed by atoms with Crippen molar-refractivity contribution in [2.24, 2.45) is 0 Å². The summed E-state index contributed by atoms with van der Waals surface area (Å²) in [5, 5.41) is 13.6. The highest BCUT2D eigenvalue weighted by molar-refractivity contribution is 5.69. The molecule has 0 radical (unpaired) electrons. The van der Waals surface area contributed by atoms with Gasteiger partial charge in [-0.25, -0.2) is 4.79 Å². The molecule has 2 aliphatic heterocycles. The van der Waals surface area contributed by atoms with E-state index in [1.165, 1.54) is 0 Å². The van der Waals surface area contributed by atoms with E-state index >= 15 is 0 Å². The zero-order chi connectivity index (χ0) is 12.7. The zero-order valence-electron chi connectivity index (χ0n) is 10.8. The van der Waals surface area contributed by atoms with Gasteiger partial charge in [-0.1, -0.05) is 0 Å². The average Bonchev–Trinajstić information content (AvgIpc) is 2.45. The predicted molar refractivity (Wildman–Crippen MR) is 63.8 cm³/mol.